The van der Waals surface area contributed by atoms with Crippen LogP contribution in [0.3, 0.4) is 0 Å². The van der Waals surface area contributed by atoms with Crippen molar-refractivity contribution in [2.45, 2.75) is 13.0 Å². The molecule has 0 fully saturated rings. The Morgan fingerprint density at radius 3 is 2.62 bits per heavy atom. The highest BCUT2D eigenvalue weighted by Gasteiger charge is 2.15. The van der Waals surface area contributed by atoms with Crippen molar-refractivity contribution in [3.8, 4) is 0 Å². The zero-order valence-corrected chi connectivity index (χ0v) is 9.26. The zero-order chi connectivity index (χ0) is 11.7. The number of halogens is 2. The maximum atomic E-state index is 13.0. The van der Waals surface area contributed by atoms with Crippen LogP contribution in [0.15, 0.2) is 23.6 Å². The number of hydrogen-bond donors (Lipinski definition) is 1. The summed E-state index contributed by atoms with van der Waals surface area (Å²) in [5.41, 5.74) is 0.748. The molecule has 1 aromatic heterocycles. The van der Waals surface area contributed by atoms with Gasteiger partial charge >= 0.3 is 0 Å². The summed E-state index contributed by atoms with van der Waals surface area (Å²) >= 11 is 1.40. The highest BCUT2D eigenvalue weighted by molar-refractivity contribution is 7.09. The van der Waals surface area contributed by atoms with Gasteiger partial charge in [0.1, 0.15) is 6.10 Å². The maximum absolute atomic E-state index is 13.0. The fourth-order valence-electron chi connectivity index (χ4n) is 1.36. The Kier molecular flexibility index (Phi) is 2.98. The third-order valence-electron chi connectivity index (χ3n) is 2.18. The number of hydrogen-bond acceptors (Lipinski definition) is 3. The molecule has 0 saturated carbocycles. The summed E-state index contributed by atoms with van der Waals surface area (Å²) in [7, 11) is 0. The number of nitrogens with zero attached hydrogens (tertiary/aromatic N) is 1. The van der Waals surface area contributed by atoms with Crippen LogP contribution in [-0.4, -0.2) is 10.1 Å². The molecule has 0 saturated heterocycles. The van der Waals surface area contributed by atoms with Crippen LogP contribution >= 0.6 is 11.3 Å². The van der Waals surface area contributed by atoms with Gasteiger partial charge in [0, 0.05) is 5.38 Å². The normalized spacial score (nSPS) is 12.8. The lowest BCUT2D eigenvalue weighted by molar-refractivity contribution is 0.215. The predicted molar refractivity (Wildman–Crippen MR) is 57.3 cm³/mol. The van der Waals surface area contributed by atoms with Crippen molar-refractivity contribution in [2.24, 2.45) is 0 Å². The van der Waals surface area contributed by atoms with E-state index in [0.717, 1.165) is 17.1 Å². The van der Waals surface area contributed by atoms with Crippen LogP contribution in [-0.2, 0) is 0 Å². The average Bonchev–Trinajstić information content (AvgIpc) is 2.68. The van der Waals surface area contributed by atoms with Gasteiger partial charge in [0.15, 0.2) is 11.6 Å². The summed E-state index contributed by atoms with van der Waals surface area (Å²) < 4.78 is 25.7. The molecule has 2 aromatic rings. The van der Waals surface area contributed by atoms with Gasteiger partial charge in [0.2, 0.25) is 0 Å². The van der Waals surface area contributed by atoms with E-state index < -0.39 is 17.7 Å². The number of aromatic nitrogens is 1. The molecule has 16 heavy (non-hydrogen) atoms. The quantitative estimate of drug-likeness (QED) is 0.877. The summed E-state index contributed by atoms with van der Waals surface area (Å²) in [5, 5.41) is 12.4. The van der Waals surface area contributed by atoms with Crippen LogP contribution in [0.25, 0.3) is 0 Å². The number of thiazole rings is 1. The Bertz CT molecular complexity index is 512. The van der Waals surface area contributed by atoms with Gasteiger partial charge in [-0.15, -0.1) is 11.3 Å². The third-order valence-corrected chi connectivity index (χ3v) is 2.97. The molecule has 0 radical (unpaired) electrons. The second-order valence-electron chi connectivity index (χ2n) is 3.37. The van der Waals surface area contributed by atoms with E-state index in [9.17, 15) is 13.9 Å². The number of rotatable bonds is 2. The molecule has 5 heteroatoms. The zero-order valence-electron chi connectivity index (χ0n) is 8.45. The minimum absolute atomic E-state index is 0.296. The van der Waals surface area contributed by atoms with E-state index in [1.165, 1.54) is 17.4 Å². The molecule has 1 atom stereocenters. The van der Waals surface area contributed by atoms with Crippen LogP contribution in [0.5, 0.6) is 0 Å². The first-order valence-corrected chi connectivity index (χ1v) is 5.51. The molecule has 1 heterocycles. The third kappa shape index (κ3) is 2.10. The second kappa shape index (κ2) is 4.27. The Morgan fingerprint density at radius 1 is 1.31 bits per heavy atom. The molecular weight excluding hydrogens is 232 g/mol. The molecule has 0 amide bonds. The number of benzene rings is 1. The molecule has 2 nitrogen and oxygen atoms in total. The van der Waals surface area contributed by atoms with E-state index in [1.807, 2.05) is 6.92 Å². The van der Waals surface area contributed by atoms with Gasteiger partial charge in [0.05, 0.1) is 10.7 Å². The second-order valence-corrected chi connectivity index (χ2v) is 4.43. The number of aliphatic hydroxyl groups excluding tert-OH is 1. The molecule has 2 rings (SSSR count). The van der Waals surface area contributed by atoms with Gasteiger partial charge < -0.3 is 5.11 Å². The van der Waals surface area contributed by atoms with Gasteiger partial charge in [-0.3, -0.25) is 0 Å². The highest BCUT2D eigenvalue weighted by Crippen LogP contribution is 2.24. The van der Waals surface area contributed by atoms with Crippen molar-refractivity contribution in [2.75, 3.05) is 0 Å². The first-order chi connectivity index (χ1) is 7.58. The van der Waals surface area contributed by atoms with Crippen molar-refractivity contribution < 1.29 is 13.9 Å². The monoisotopic (exact) mass is 241 g/mol. The lowest BCUT2D eigenvalue weighted by Crippen LogP contribution is -2.01. The average molecular weight is 241 g/mol. The van der Waals surface area contributed by atoms with E-state index in [1.54, 1.807) is 5.38 Å². The summed E-state index contributed by atoms with van der Waals surface area (Å²) in [5.74, 6) is -1.89. The smallest absolute Gasteiger partial charge is 0.159 e. The van der Waals surface area contributed by atoms with E-state index in [-0.39, 0.29) is 0 Å². The van der Waals surface area contributed by atoms with Crippen LogP contribution in [0, 0.1) is 18.6 Å². The molecule has 0 aliphatic carbocycles. The van der Waals surface area contributed by atoms with Gasteiger partial charge in [0.25, 0.3) is 0 Å². The van der Waals surface area contributed by atoms with Crippen LogP contribution < -0.4 is 0 Å². The molecule has 1 aromatic carbocycles. The molecule has 0 spiro atoms. The Labute approximate surface area is 95.2 Å². The van der Waals surface area contributed by atoms with Gasteiger partial charge in [-0.2, -0.15) is 0 Å². The lowest BCUT2D eigenvalue weighted by atomic mass is 10.1. The highest BCUT2D eigenvalue weighted by atomic mass is 32.1. The van der Waals surface area contributed by atoms with Crippen LogP contribution in [0.1, 0.15) is 22.4 Å². The minimum atomic E-state index is -1.01. The van der Waals surface area contributed by atoms with Crippen molar-refractivity contribution in [1.82, 2.24) is 4.98 Å². The lowest BCUT2D eigenvalue weighted by Gasteiger charge is -2.08. The van der Waals surface area contributed by atoms with Gasteiger partial charge in [-0.05, 0) is 24.6 Å². The molecule has 1 unspecified atom stereocenters. The van der Waals surface area contributed by atoms with E-state index in [4.69, 9.17) is 0 Å². The Hall–Kier alpha value is -1.33. The molecule has 0 aliphatic heterocycles. The van der Waals surface area contributed by atoms with Crippen LogP contribution in [0.2, 0.25) is 0 Å². The van der Waals surface area contributed by atoms with Crippen LogP contribution in [0.4, 0.5) is 8.78 Å². The molecule has 84 valence electrons. The summed E-state index contributed by atoms with van der Waals surface area (Å²) in [6.45, 7) is 1.81. The van der Waals surface area contributed by atoms with E-state index in [2.05, 4.69) is 4.98 Å². The Balaban J connectivity index is 2.33. The fraction of sp³-hybridized carbons (Fsp3) is 0.182. The van der Waals surface area contributed by atoms with Crippen molar-refractivity contribution in [3.05, 3.63) is 51.5 Å². The summed E-state index contributed by atoms with van der Waals surface area (Å²) in [6, 6.07) is 3.32. The van der Waals surface area contributed by atoms with Crippen molar-refractivity contribution in [1.29, 1.82) is 0 Å². The number of aliphatic hydroxyl groups is 1. The predicted octanol–water partition coefficient (Wildman–Crippen LogP) is 2.81. The SMILES string of the molecule is Cc1nc(C(O)c2ccc(F)c(F)c2)cs1. The topological polar surface area (TPSA) is 33.1 Å². The van der Waals surface area contributed by atoms with E-state index >= 15 is 0 Å². The van der Waals surface area contributed by atoms with Crippen molar-refractivity contribution >= 4 is 11.3 Å². The standard InChI is InChI=1S/C11H9F2NOS/c1-6-14-10(5-16-6)11(15)7-2-3-8(12)9(13)4-7/h2-5,11,15H,1H3. The Morgan fingerprint density at radius 2 is 2.06 bits per heavy atom. The largest absolute Gasteiger partial charge is 0.382 e. The molecular formula is C11H9F2NOS. The molecule has 0 aliphatic rings. The fourth-order valence-corrected chi connectivity index (χ4v) is 1.99. The first-order valence-electron chi connectivity index (χ1n) is 4.63. The number of aryl methyl sites for hydroxylation is 1. The minimum Gasteiger partial charge on any atom is -0.382 e. The summed E-state index contributed by atoms with van der Waals surface area (Å²) in [4.78, 5) is 4.09. The maximum Gasteiger partial charge on any atom is 0.159 e. The molecule has 0 bridgehead atoms. The first kappa shape index (κ1) is 11.2. The molecule has 1 N–H and O–H groups in total. The van der Waals surface area contributed by atoms with E-state index in [0.29, 0.717) is 11.3 Å². The summed E-state index contributed by atoms with van der Waals surface area (Å²) in [6.07, 6.45) is -1.01. The van der Waals surface area contributed by atoms with Gasteiger partial charge in [-0.1, -0.05) is 6.07 Å². The van der Waals surface area contributed by atoms with Crippen molar-refractivity contribution in [3.63, 3.8) is 0 Å². The van der Waals surface area contributed by atoms with Gasteiger partial charge in [-0.25, -0.2) is 13.8 Å².